The van der Waals surface area contributed by atoms with E-state index in [0.717, 1.165) is 0 Å². The second-order valence-electron chi connectivity index (χ2n) is 8.48. The molecule has 190 valence electrons. The van der Waals surface area contributed by atoms with Crippen LogP contribution in [0.4, 0.5) is 4.79 Å². The fourth-order valence-electron chi connectivity index (χ4n) is 4.73. The van der Waals surface area contributed by atoms with Gasteiger partial charge in [-0.15, -0.1) is 0 Å². The van der Waals surface area contributed by atoms with Gasteiger partial charge in [-0.25, -0.2) is 4.79 Å². The number of carbonyl (C=O) groups excluding carboxylic acids is 3. The van der Waals surface area contributed by atoms with Gasteiger partial charge in [-0.3, -0.25) is 14.6 Å². The van der Waals surface area contributed by atoms with Crippen molar-refractivity contribution < 1.29 is 29.0 Å². The van der Waals surface area contributed by atoms with Gasteiger partial charge in [0, 0.05) is 37.1 Å². The summed E-state index contributed by atoms with van der Waals surface area (Å²) in [6.07, 6.45) is 3.68. The quantitative estimate of drug-likeness (QED) is 0.350. The number of nitrogens with zero attached hydrogens (tertiary/aromatic N) is 3. The normalized spacial score (nSPS) is 20.0. The molecule has 36 heavy (non-hydrogen) atoms. The molecule has 0 saturated carbocycles. The van der Waals surface area contributed by atoms with E-state index in [-0.39, 0.29) is 34.6 Å². The molecule has 1 atom stereocenters. The minimum absolute atomic E-state index is 0.0467. The molecule has 9 nitrogen and oxygen atoms in total. The van der Waals surface area contributed by atoms with Crippen molar-refractivity contribution in [2.24, 2.45) is 0 Å². The highest BCUT2D eigenvalue weighted by Gasteiger charge is 2.49. The molecular weight excluding hydrogens is 486 g/mol. The third kappa shape index (κ3) is 4.88. The molecule has 0 radical (unpaired) electrons. The van der Waals surface area contributed by atoms with Gasteiger partial charge in [0.25, 0.3) is 11.7 Å². The lowest BCUT2D eigenvalue weighted by atomic mass is 9.94. The summed E-state index contributed by atoms with van der Waals surface area (Å²) >= 11 is 6.39. The van der Waals surface area contributed by atoms with Gasteiger partial charge in [0.2, 0.25) is 0 Å². The van der Waals surface area contributed by atoms with Crippen molar-refractivity contribution in [3.8, 4) is 5.75 Å². The summed E-state index contributed by atoms with van der Waals surface area (Å²) in [5.74, 6) is -1.39. The highest BCUT2D eigenvalue weighted by atomic mass is 35.5. The van der Waals surface area contributed by atoms with E-state index in [1.807, 2.05) is 6.92 Å². The number of ketones is 1. The Morgan fingerprint density at radius 1 is 1.11 bits per heavy atom. The van der Waals surface area contributed by atoms with Crippen LogP contribution < -0.4 is 4.74 Å². The van der Waals surface area contributed by atoms with Crippen LogP contribution in [-0.4, -0.2) is 70.0 Å². The smallest absolute Gasteiger partial charge is 0.409 e. The molecule has 2 fully saturated rings. The first-order valence-electron chi connectivity index (χ1n) is 11.9. The van der Waals surface area contributed by atoms with Crippen LogP contribution in [0.15, 0.2) is 48.3 Å². The van der Waals surface area contributed by atoms with Crippen molar-refractivity contribution in [3.63, 3.8) is 0 Å². The van der Waals surface area contributed by atoms with E-state index in [0.29, 0.717) is 43.9 Å². The molecule has 2 aromatic rings. The summed E-state index contributed by atoms with van der Waals surface area (Å²) in [6.45, 7) is 5.04. The monoisotopic (exact) mass is 513 g/mol. The number of halogens is 1. The summed E-state index contributed by atoms with van der Waals surface area (Å²) in [4.78, 5) is 46.0. The molecule has 2 saturated heterocycles. The number of pyridine rings is 1. The van der Waals surface area contributed by atoms with E-state index < -0.39 is 23.8 Å². The zero-order valence-corrected chi connectivity index (χ0v) is 20.9. The number of hydrogen-bond acceptors (Lipinski definition) is 7. The lowest BCUT2D eigenvalue weighted by molar-refractivity contribution is -0.142. The molecular formula is C26H28ClN3O6. The van der Waals surface area contributed by atoms with E-state index in [4.69, 9.17) is 21.1 Å². The van der Waals surface area contributed by atoms with Gasteiger partial charge in [-0.1, -0.05) is 11.6 Å². The summed E-state index contributed by atoms with van der Waals surface area (Å²) in [5.41, 5.74) is 0.794. The number of piperidine rings is 1. The molecule has 4 rings (SSSR count). The molecule has 0 spiro atoms. The fraction of sp³-hybridized carbons (Fsp3) is 0.385. The second-order valence-corrected chi connectivity index (χ2v) is 8.89. The molecule has 10 heteroatoms. The van der Waals surface area contributed by atoms with Gasteiger partial charge in [0.05, 0.1) is 29.9 Å². The van der Waals surface area contributed by atoms with Gasteiger partial charge < -0.3 is 24.4 Å². The Balaban J connectivity index is 1.75. The van der Waals surface area contributed by atoms with E-state index in [1.165, 1.54) is 4.90 Å². The number of rotatable bonds is 6. The molecule has 0 aliphatic carbocycles. The lowest BCUT2D eigenvalue weighted by Gasteiger charge is -2.38. The maximum Gasteiger partial charge on any atom is 0.409 e. The highest BCUT2D eigenvalue weighted by Crippen LogP contribution is 2.43. The number of likely N-dealkylation sites (tertiary alicyclic amines) is 2. The van der Waals surface area contributed by atoms with E-state index in [2.05, 4.69) is 4.98 Å². The van der Waals surface area contributed by atoms with Crippen LogP contribution in [0.25, 0.3) is 5.76 Å². The third-order valence-corrected chi connectivity index (χ3v) is 6.72. The summed E-state index contributed by atoms with van der Waals surface area (Å²) in [6, 6.07) is 7.06. The van der Waals surface area contributed by atoms with Gasteiger partial charge >= 0.3 is 6.09 Å². The van der Waals surface area contributed by atoms with E-state index >= 15 is 0 Å². The Morgan fingerprint density at radius 2 is 1.81 bits per heavy atom. The van der Waals surface area contributed by atoms with Crippen molar-refractivity contribution >= 4 is 35.1 Å². The molecule has 2 aliphatic heterocycles. The van der Waals surface area contributed by atoms with Gasteiger partial charge in [0.1, 0.15) is 11.5 Å². The molecule has 3 heterocycles. The van der Waals surface area contributed by atoms with Gasteiger partial charge in [-0.05, 0) is 62.6 Å². The lowest BCUT2D eigenvalue weighted by Crippen LogP contribution is -2.48. The van der Waals surface area contributed by atoms with E-state index in [9.17, 15) is 19.5 Å². The molecule has 1 N–H and O–H groups in total. The first-order chi connectivity index (χ1) is 17.4. The number of aliphatic hydroxyl groups is 1. The maximum atomic E-state index is 13.4. The molecule has 1 aromatic carbocycles. The summed E-state index contributed by atoms with van der Waals surface area (Å²) < 4.78 is 10.6. The SMILES string of the molecule is CCOC(=O)N1CCC(N2C(=O)C(=O)/C(=C(/O)c3cc(OCC)ccc3Cl)C2c2ccncc2)CC1. The van der Waals surface area contributed by atoms with Crippen molar-refractivity contribution in [1.29, 1.82) is 0 Å². The molecule has 2 amide bonds. The van der Waals surface area contributed by atoms with Crippen LogP contribution in [0, 0.1) is 0 Å². The van der Waals surface area contributed by atoms with Crippen molar-refractivity contribution in [1.82, 2.24) is 14.8 Å². The largest absolute Gasteiger partial charge is 0.507 e. The van der Waals surface area contributed by atoms with Crippen molar-refractivity contribution in [2.45, 2.75) is 38.8 Å². The fourth-order valence-corrected chi connectivity index (χ4v) is 4.94. The summed E-state index contributed by atoms with van der Waals surface area (Å²) in [5, 5.41) is 11.6. The highest BCUT2D eigenvalue weighted by molar-refractivity contribution is 6.47. The topological polar surface area (TPSA) is 109 Å². The Morgan fingerprint density at radius 3 is 2.44 bits per heavy atom. The zero-order chi connectivity index (χ0) is 25.8. The van der Waals surface area contributed by atoms with Gasteiger partial charge in [0.15, 0.2) is 0 Å². The predicted octanol–water partition coefficient (Wildman–Crippen LogP) is 4.18. The first kappa shape index (κ1) is 25.5. The molecule has 1 aromatic heterocycles. The van der Waals surface area contributed by atoms with E-state index in [1.54, 1.807) is 54.5 Å². The third-order valence-electron chi connectivity index (χ3n) is 6.39. The average Bonchev–Trinajstić information content (AvgIpc) is 3.16. The Labute approximate surface area is 214 Å². The summed E-state index contributed by atoms with van der Waals surface area (Å²) in [7, 11) is 0. The Hall–Kier alpha value is -3.59. The number of aliphatic hydroxyl groups excluding tert-OH is 1. The number of Topliss-reactive ketones (excluding diaryl/α,β-unsaturated/α-hetero) is 1. The van der Waals surface area contributed by atoms with Crippen molar-refractivity contribution in [3.05, 3.63) is 64.4 Å². The van der Waals surface area contributed by atoms with Crippen LogP contribution in [-0.2, 0) is 14.3 Å². The second kappa shape index (κ2) is 11.0. The molecule has 2 aliphatic rings. The van der Waals surface area contributed by atoms with Crippen LogP contribution in [0.5, 0.6) is 5.75 Å². The van der Waals surface area contributed by atoms with Crippen molar-refractivity contribution in [2.75, 3.05) is 26.3 Å². The first-order valence-corrected chi connectivity index (χ1v) is 12.3. The Bertz CT molecular complexity index is 1180. The van der Waals surface area contributed by atoms with Gasteiger partial charge in [-0.2, -0.15) is 0 Å². The number of benzene rings is 1. The van der Waals surface area contributed by atoms with Crippen LogP contribution in [0.2, 0.25) is 5.02 Å². The number of aromatic nitrogens is 1. The maximum absolute atomic E-state index is 13.4. The average molecular weight is 514 g/mol. The van der Waals surface area contributed by atoms with Crippen LogP contribution in [0.1, 0.15) is 43.9 Å². The zero-order valence-electron chi connectivity index (χ0n) is 20.1. The molecule has 1 unspecified atom stereocenters. The Kier molecular flexibility index (Phi) is 7.79. The number of carbonyl (C=O) groups is 3. The van der Waals surface area contributed by atoms with Crippen LogP contribution >= 0.6 is 11.6 Å². The van der Waals surface area contributed by atoms with Crippen LogP contribution in [0.3, 0.4) is 0 Å². The minimum Gasteiger partial charge on any atom is -0.507 e. The molecule has 0 bridgehead atoms. The standard InChI is InChI=1S/C26H28ClN3O6/c1-3-35-18-5-6-20(27)19(15-18)23(31)21-22(16-7-11-28-12-8-16)30(25(33)24(21)32)17-9-13-29(14-10-17)26(34)36-4-2/h5-8,11-12,15,17,22,31H,3-4,9-10,13-14H2,1-2H3/b23-21+. The number of hydrogen-bond donors (Lipinski definition) is 1. The minimum atomic E-state index is -0.834. The number of amides is 2. The number of ether oxygens (including phenoxy) is 2. The predicted molar refractivity (Wildman–Crippen MR) is 133 cm³/mol.